The van der Waals surface area contributed by atoms with Crippen molar-refractivity contribution in [2.45, 2.75) is 24.3 Å². The van der Waals surface area contributed by atoms with E-state index in [9.17, 15) is 13.2 Å². The fourth-order valence-electron chi connectivity index (χ4n) is 1.75. The lowest BCUT2D eigenvalue weighted by molar-refractivity contribution is -0.138. The summed E-state index contributed by atoms with van der Waals surface area (Å²) in [4.78, 5) is 14.8. The number of hydrogen-bond acceptors (Lipinski definition) is 7. The van der Waals surface area contributed by atoms with Crippen molar-refractivity contribution in [1.82, 2.24) is 14.9 Å². The maximum atomic E-state index is 12.2. The average molecular weight is 340 g/mol. The number of carboxylic acids is 1. The van der Waals surface area contributed by atoms with Crippen LogP contribution >= 0.6 is 0 Å². The first kappa shape index (κ1) is 17.1. The number of sulfonamides is 1. The van der Waals surface area contributed by atoms with E-state index >= 15 is 0 Å². The van der Waals surface area contributed by atoms with Gasteiger partial charge in [0, 0.05) is 18.5 Å². The minimum absolute atomic E-state index is 0.0896. The van der Waals surface area contributed by atoms with Crippen LogP contribution in [0.1, 0.15) is 12.8 Å². The van der Waals surface area contributed by atoms with Crippen molar-refractivity contribution in [2.24, 2.45) is 5.73 Å². The van der Waals surface area contributed by atoms with Crippen molar-refractivity contribution < 1.29 is 22.8 Å². The monoisotopic (exact) mass is 340 g/mol. The second-order valence-electron chi connectivity index (χ2n) is 4.76. The Morgan fingerprint density at radius 3 is 2.87 bits per heavy atom. The van der Waals surface area contributed by atoms with Gasteiger partial charge in [-0.25, -0.2) is 8.42 Å². The highest BCUT2D eigenvalue weighted by molar-refractivity contribution is 7.89. The Bertz CT molecular complexity index is 802. The van der Waals surface area contributed by atoms with Gasteiger partial charge in [0.25, 0.3) is 0 Å². The third kappa shape index (κ3) is 4.12. The molecule has 1 aromatic carbocycles. The third-order valence-electron chi connectivity index (χ3n) is 2.93. The lowest BCUT2D eigenvalue weighted by Crippen LogP contribution is -2.38. The minimum Gasteiger partial charge on any atom is -0.480 e. The van der Waals surface area contributed by atoms with Gasteiger partial charge in [-0.2, -0.15) is 9.71 Å². The van der Waals surface area contributed by atoms with Gasteiger partial charge in [0.15, 0.2) is 0 Å². The zero-order valence-corrected chi connectivity index (χ0v) is 13.1. The molecule has 9 nitrogen and oxygen atoms in total. The smallest absolute Gasteiger partial charge is 0.321 e. The molecule has 1 heterocycles. The molecule has 2 rings (SSSR count). The molecule has 10 heteroatoms. The molecule has 0 fully saturated rings. The third-order valence-corrected chi connectivity index (χ3v) is 4.47. The van der Waals surface area contributed by atoms with Gasteiger partial charge in [-0.1, -0.05) is 17.3 Å². The van der Waals surface area contributed by atoms with Gasteiger partial charge in [0.1, 0.15) is 6.04 Å². The van der Waals surface area contributed by atoms with E-state index in [1.807, 2.05) is 0 Å². The summed E-state index contributed by atoms with van der Waals surface area (Å²) in [7, 11) is -3.98. The zero-order chi connectivity index (χ0) is 17.0. The second-order valence-corrected chi connectivity index (χ2v) is 6.47. The van der Waals surface area contributed by atoms with E-state index in [1.54, 1.807) is 6.07 Å². The quantitative estimate of drug-likeness (QED) is 0.637. The molecule has 1 unspecified atom stereocenters. The molecule has 0 aliphatic carbocycles. The Kier molecular flexibility index (Phi) is 5.08. The van der Waals surface area contributed by atoms with Crippen LogP contribution in [0, 0.1) is 0 Å². The van der Waals surface area contributed by atoms with Gasteiger partial charge in [0.2, 0.25) is 21.7 Å². The van der Waals surface area contributed by atoms with Crippen LogP contribution in [0.3, 0.4) is 0 Å². The maximum absolute atomic E-state index is 12.2. The van der Waals surface area contributed by atoms with Crippen LogP contribution in [0.4, 0.5) is 0 Å². The largest absolute Gasteiger partial charge is 0.480 e. The predicted octanol–water partition coefficient (Wildman–Crippen LogP) is -0.0108. The van der Waals surface area contributed by atoms with Crippen molar-refractivity contribution in [3.05, 3.63) is 30.2 Å². The number of aliphatic carboxylic acids is 1. The van der Waals surface area contributed by atoms with E-state index < -0.39 is 22.0 Å². The fourth-order valence-corrected chi connectivity index (χ4v) is 2.99. The van der Waals surface area contributed by atoms with Crippen molar-refractivity contribution in [1.29, 1.82) is 0 Å². The summed E-state index contributed by atoms with van der Waals surface area (Å²) < 4.78 is 31.4. The molecule has 1 aromatic heterocycles. The first-order valence-corrected chi connectivity index (χ1v) is 8.20. The van der Waals surface area contributed by atoms with E-state index in [4.69, 9.17) is 15.4 Å². The Morgan fingerprint density at radius 2 is 2.22 bits per heavy atom. The molecule has 0 radical (unpaired) electrons. The lowest BCUT2D eigenvalue weighted by atomic mass is 10.2. The molecule has 0 aliphatic heterocycles. The molecule has 0 aliphatic rings. The number of nitrogens with zero attached hydrogens (tertiary/aromatic N) is 2. The Balaban J connectivity index is 2.30. The summed E-state index contributed by atoms with van der Waals surface area (Å²) in [6.07, 6.45) is 0.419. The number of hydrogen-bond donors (Lipinski definition) is 3. The number of aromatic nitrogens is 2. The van der Waals surface area contributed by atoms with Gasteiger partial charge in [-0.15, -0.1) is 0 Å². The van der Waals surface area contributed by atoms with Crippen molar-refractivity contribution in [3.63, 3.8) is 0 Å². The van der Waals surface area contributed by atoms with E-state index in [-0.39, 0.29) is 10.7 Å². The Morgan fingerprint density at radius 1 is 1.48 bits per heavy atom. The normalized spacial score (nSPS) is 13.0. The van der Waals surface area contributed by atoms with E-state index in [0.717, 1.165) is 0 Å². The van der Waals surface area contributed by atoms with Crippen molar-refractivity contribution >= 4 is 16.0 Å². The highest BCUT2D eigenvalue weighted by Crippen LogP contribution is 2.20. The van der Waals surface area contributed by atoms with Crippen LogP contribution in [-0.4, -0.2) is 42.2 Å². The highest BCUT2D eigenvalue weighted by atomic mass is 32.2. The number of benzene rings is 1. The Hall–Kier alpha value is -2.30. The van der Waals surface area contributed by atoms with Gasteiger partial charge < -0.3 is 15.4 Å². The second kappa shape index (κ2) is 6.86. The van der Waals surface area contributed by atoms with Gasteiger partial charge in [0.05, 0.1) is 4.90 Å². The van der Waals surface area contributed by atoms with Gasteiger partial charge in [-0.3, -0.25) is 4.79 Å². The molecule has 23 heavy (non-hydrogen) atoms. The van der Waals surface area contributed by atoms with Crippen LogP contribution in [0.25, 0.3) is 11.4 Å². The molecule has 0 spiro atoms. The average Bonchev–Trinajstić information content (AvgIpc) is 2.96. The molecule has 1 atom stereocenters. The standard InChI is InChI=1S/C13H16N4O5S/c1-8(13(18)19)17-23(20,21)10-4-2-3-9(7-10)12-15-11(5-6-14)22-16-12/h2-4,7-8,17H,5-6,14H2,1H3,(H,18,19). The summed E-state index contributed by atoms with van der Waals surface area (Å²) in [6.45, 7) is 1.59. The molecular weight excluding hydrogens is 324 g/mol. The zero-order valence-electron chi connectivity index (χ0n) is 12.3. The van der Waals surface area contributed by atoms with Crippen LogP contribution in [0.5, 0.6) is 0 Å². The topological polar surface area (TPSA) is 148 Å². The number of carbonyl (C=O) groups is 1. The van der Waals surface area contributed by atoms with Gasteiger partial charge in [-0.05, 0) is 19.1 Å². The van der Waals surface area contributed by atoms with Gasteiger partial charge >= 0.3 is 5.97 Å². The molecule has 2 aromatic rings. The SMILES string of the molecule is CC(NS(=O)(=O)c1cccc(-c2noc(CCN)n2)c1)C(=O)O. The van der Waals surface area contributed by atoms with E-state index in [2.05, 4.69) is 14.9 Å². The molecule has 124 valence electrons. The number of carboxylic acid groups (broad SMARTS) is 1. The van der Waals surface area contributed by atoms with Crippen molar-refractivity contribution in [3.8, 4) is 11.4 Å². The maximum Gasteiger partial charge on any atom is 0.321 e. The minimum atomic E-state index is -3.98. The Labute approximate surface area is 132 Å². The summed E-state index contributed by atoms with van der Waals surface area (Å²) in [5.74, 6) is -0.681. The molecule has 0 bridgehead atoms. The van der Waals surface area contributed by atoms with Crippen LogP contribution in [0.15, 0.2) is 33.7 Å². The molecular formula is C13H16N4O5S. The van der Waals surface area contributed by atoms with Crippen molar-refractivity contribution in [2.75, 3.05) is 6.54 Å². The first-order chi connectivity index (χ1) is 10.8. The molecule has 0 saturated heterocycles. The summed E-state index contributed by atoms with van der Waals surface area (Å²) in [5, 5.41) is 12.6. The van der Waals surface area contributed by atoms with Crippen LogP contribution < -0.4 is 10.5 Å². The summed E-state index contributed by atoms with van der Waals surface area (Å²) in [5.41, 5.74) is 5.83. The highest BCUT2D eigenvalue weighted by Gasteiger charge is 2.22. The lowest BCUT2D eigenvalue weighted by Gasteiger charge is -2.10. The predicted molar refractivity (Wildman–Crippen MR) is 79.9 cm³/mol. The summed E-state index contributed by atoms with van der Waals surface area (Å²) >= 11 is 0. The summed E-state index contributed by atoms with van der Waals surface area (Å²) in [6, 6.07) is 4.57. The number of nitrogens with one attached hydrogen (secondary N) is 1. The van der Waals surface area contributed by atoms with E-state index in [1.165, 1.54) is 25.1 Å². The fraction of sp³-hybridized carbons (Fsp3) is 0.308. The molecule has 4 N–H and O–H groups in total. The molecule has 0 saturated carbocycles. The number of rotatable bonds is 7. The number of nitrogens with two attached hydrogens (primary N) is 1. The van der Waals surface area contributed by atoms with Crippen LogP contribution in [0.2, 0.25) is 0 Å². The molecule has 0 amide bonds. The first-order valence-electron chi connectivity index (χ1n) is 6.71. The van der Waals surface area contributed by atoms with Crippen LogP contribution in [-0.2, 0) is 21.2 Å². The van der Waals surface area contributed by atoms with E-state index in [0.29, 0.717) is 24.4 Å².